The van der Waals surface area contributed by atoms with Gasteiger partial charge in [0.15, 0.2) is 0 Å². The third-order valence-corrected chi connectivity index (χ3v) is 7.50. The fraction of sp³-hybridized carbons (Fsp3) is 0.0833. The van der Waals surface area contributed by atoms with E-state index in [2.05, 4.69) is 22.0 Å². The van der Waals surface area contributed by atoms with E-state index in [4.69, 9.17) is 4.42 Å². The summed E-state index contributed by atoms with van der Waals surface area (Å²) in [6.07, 6.45) is 1.50. The van der Waals surface area contributed by atoms with Gasteiger partial charge in [-0.05, 0) is 85.6 Å². The van der Waals surface area contributed by atoms with Crippen molar-refractivity contribution in [3.63, 3.8) is 0 Å². The van der Waals surface area contributed by atoms with Crippen LogP contribution in [0.5, 0.6) is 0 Å². The molecule has 1 aromatic heterocycles. The van der Waals surface area contributed by atoms with Crippen LogP contribution in [0, 0.1) is 13.8 Å². The number of furan rings is 1. The molecule has 7 nitrogen and oxygen atoms in total. The Morgan fingerprint density at radius 1 is 0.727 bits per heavy atom. The zero-order valence-corrected chi connectivity index (χ0v) is 25.1. The number of rotatable bonds is 10. The number of aryl methyl sites for hydroxylation is 2. The van der Waals surface area contributed by atoms with Crippen LogP contribution in [-0.2, 0) is 9.59 Å². The molecule has 0 aliphatic rings. The van der Waals surface area contributed by atoms with E-state index in [0.29, 0.717) is 22.8 Å². The Morgan fingerprint density at radius 2 is 1.39 bits per heavy atom. The molecule has 0 aliphatic heterocycles. The van der Waals surface area contributed by atoms with Crippen LogP contribution in [0.1, 0.15) is 27.2 Å². The molecule has 0 radical (unpaired) electrons. The molecule has 0 saturated carbocycles. The lowest BCUT2D eigenvalue weighted by Crippen LogP contribution is -2.30. The molecule has 0 fully saturated rings. The lowest BCUT2D eigenvalue weighted by atomic mass is 10.1. The second-order valence-corrected chi connectivity index (χ2v) is 11.2. The first-order chi connectivity index (χ1) is 21.3. The Kier molecular flexibility index (Phi) is 9.74. The van der Waals surface area contributed by atoms with Gasteiger partial charge in [0.25, 0.3) is 11.8 Å². The smallest absolute Gasteiger partial charge is 0.272 e. The van der Waals surface area contributed by atoms with Crippen molar-refractivity contribution in [3.8, 4) is 11.3 Å². The fourth-order valence-electron chi connectivity index (χ4n) is 4.50. The summed E-state index contributed by atoms with van der Waals surface area (Å²) >= 11 is 1.39. The van der Waals surface area contributed by atoms with E-state index in [9.17, 15) is 14.4 Å². The fourth-order valence-corrected chi connectivity index (χ4v) is 5.20. The van der Waals surface area contributed by atoms with Gasteiger partial charge in [0.05, 0.1) is 5.75 Å². The van der Waals surface area contributed by atoms with Gasteiger partial charge in [-0.1, -0.05) is 54.6 Å². The van der Waals surface area contributed by atoms with Gasteiger partial charge >= 0.3 is 0 Å². The van der Waals surface area contributed by atoms with Gasteiger partial charge in [-0.3, -0.25) is 14.4 Å². The number of carbonyl (C=O) groups excluding carboxylic acids is 3. The molecule has 5 rings (SSSR count). The molecular formula is C36H31N3O4S. The summed E-state index contributed by atoms with van der Waals surface area (Å²) in [5, 5.41) is 8.50. The van der Waals surface area contributed by atoms with Crippen molar-refractivity contribution >= 4 is 46.9 Å². The van der Waals surface area contributed by atoms with E-state index in [-0.39, 0.29) is 17.4 Å². The standard InChI is InChI=1S/C36H31N3O4S/c1-24-19-25(2)21-29(20-24)37-34(40)23-44-31-16-13-28(14-17-31)38-36(42)32(39-35(41)27-11-7-4-8-12-27)22-30-15-18-33(43-30)26-9-5-3-6-10-26/h3-22H,23H2,1-2H3,(H,37,40)(H,38,42)(H,39,41)/b32-22-. The predicted octanol–water partition coefficient (Wildman–Crippen LogP) is 7.70. The number of benzene rings is 4. The van der Waals surface area contributed by atoms with Crippen LogP contribution in [0.15, 0.2) is 130 Å². The lowest BCUT2D eigenvalue weighted by molar-refractivity contribution is -0.114. The first kappa shape index (κ1) is 30.1. The lowest BCUT2D eigenvalue weighted by Gasteiger charge is -2.11. The van der Waals surface area contributed by atoms with Crippen LogP contribution in [0.4, 0.5) is 11.4 Å². The highest BCUT2D eigenvalue weighted by molar-refractivity contribution is 8.00. The summed E-state index contributed by atoms with van der Waals surface area (Å²) in [6.45, 7) is 3.99. The van der Waals surface area contributed by atoms with Crippen LogP contribution < -0.4 is 16.0 Å². The molecular weight excluding hydrogens is 570 g/mol. The molecule has 0 saturated heterocycles. The van der Waals surface area contributed by atoms with Gasteiger partial charge in [-0.15, -0.1) is 11.8 Å². The average molecular weight is 602 g/mol. The quantitative estimate of drug-likeness (QED) is 0.113. The minimum Gasteiger partial charge on any atom is -0.457 e. The molecule has 5 aromatic rings. The molecule has 220 valence electrons. The second-order valence-electron chi connectivity index (χ2n) is 10.1. The molecule has 1 heterocycles. The Hall–Kier alpha value is -5.34. The van der Waals surface area contributed by atoms with Gasteiger partial charge in [0.1, 0.15) is 17.2 Å². The maximum atomic E-state index is 13.4. The van der Waals surface area contributed by atoms with Crippen LogP contribution in [0.2, 0.25) is 0 Å². The van der Waals surface area contributed by atoms with E-state index >= 15 is 0 Å². The van der Waals surface area contributed by atoms with Gasteiger partial charge < -0.3 is 20.4 Å². The van der Waals surface area contributed by atoms with Crippen LogP contribution in [0.25, 0.3) is 17.4 Å². The molecule has 44 heavy (non-hydrogen) atoms. The molecule has 0 atom stereocenters. The van der Waals surface area contributed by atoms with Crippen molar-refractivity contribution in [2.24, 2.45) is 0 Å². The highest BCUT2D eigenvalue weighted by Gasteiger charge is 2.16. The van der Waals surface area contributed by atoms with E-state index in [1.165, 1.54) is 17.8 Å². The second kappa shape index (κ2) is 14.2. The van der Waals surface area contributed by atoms with Gasteiger partial charge in [0, 0.05) is 33.5 Å². The molecule has 0 unspecified atom stereocenters. The largest absolute Gasteiger partial charge is 0.457 e. The Bertz CT molecular complexity index is 1780. The summed E-state index contributed by atoms with van der Waals surface area (Å²) in [7, 11) is 0. The molecule has 3 N–H and O–H groups in total. The first-order valence-electron chi connectivity index (χ1n) is 14.0. The van der Waals surface area contributed by atoms with Crippen molar-refractivity contribution in [2.45, 2.75) is 18.7 Å². The monoisotopic (exact) mass is 601 g/mol. The first-order valence-corrected chi connectivity index (χ1v) is 15.0. The Morgan fingerprint density at radius 3 is 2.07 bits per heavy atom. The van der Waals surface area contributed by atoms with Gasteiger partial charge in [-0.2, -0.15) is 0 Å². The molecule has 8 heteroatoms. The van der Waals surface area contributed by atoms with Crippen LogP contribution >= 0.6 is 11.8 Å². The number of hydrogen-bond donors (Lipinski definition) is 3. The van der Waals surface area contributed by atoms with Crippen molar-refractivity contribution in [1.29, 1.82) is 0 Å². The summed E-state index contributed by atoms with van der Waals surface area (Å²) in [6, 6.07) is 34.9. The summed E-state index contributed by atoms with van der Waals surface area (Å²) in [5.74, 6) is 0.253. The number of anilines is 2. The molecule has 0 aliphatic carbocycles. The Labute approximate surface area is 260 Å². The normalized spacial score (nSPS) is 11.1. The van der Waals surface area contributed by atoms with E-state index in [0.717, 1.165) is 27.3 Å². The maximum Gasteiger partial charge on any atom is 0.272 e. The van der Waals surface area contributed by atoms with Crippen molar-refractivity contribution in [3.05, 3.63) is 143 Å². The highest BCUT2D eigenvalue weighted by atomic mass is 32.2. The minimum atomic E-state index is -0.514. The summed E-state index contributed by atoms with van der Waals surface area (Å²) in [5.41, 5.74) is 4.82. The highest BCUT2D eigenvalue weighted by Crippen LogP contribution is 2.24. The third-order valence-electron chi connectivity index (χ3n) is 6.49. The summed E-state index contributed by atoms with van der Waals surface area (Å²) < 4.78 is 5.96. The maximum absolute atomic E-state index is 13.4. The Balaban J connectivity index is 1.25. The number of hydrogen-bond acceptors (Lipinski definition) is 5. The average Bonchev–Trinajstić information content (AvgIpc) is 3.49. The SMILES string of the molecule is Cc1cc(C)cc(NC(=O)CSc2ccc(NC(=O)/C(=C/c3ccc(-c4ccccc4)o3)NC(=O)c3ccccc3)cc2)c1. The van der Waals surface area contributed by atoms with E-state index < -0.39 is 11.8 Å². The van der Waals surface area contributed by atoms with Gasteiger partial charge in [-0.25, -0.2) is 0 Å². The number of nitrogens with one attached hydrogen (secondary N) is 3. The minimum absolute atomic E-state index is 0.0225. The van der Waals surface area contributed by atoms with Gasteiger partial charge in [0.2, 0.25) is 5.91 Å². The molecule has 0 spiro atoms. The summed E-state index contributed by atoms with van der Waals surface area (Å²) in [4.78, 5) is 39.7. The van der Waals surface area contributed by atoms with Crippen molar-refractivity contribution in [2.75, 3.05) is 16.4 Å². The molecule has 3 amide bonds. The molecule has 0 bridgehead atoms. The van der Waals surface area contributed by atoms with E-state index in [1.807, 2.05) is 80.6 Å². The zero-order chi connectivity index (χ0) is 30.9. The number of thioether (sulfide) groups is 1. The van der Waals surface area contributed by atoms with Crippen LogP contribution in [-0.4, -0.2) is 23.5 Å². The third kappa shape index (κ3) is 8.36. The van der Waals surface area contributed by atoms with Crippen molar-refractivity contribution < 1.29 is 18.8 Å². The topological polar surface area (TPSA) is 100 Å². The predicted molar refractivity (Wildman–Crippen MR) is 176 cm³/mol. The van der Waals surface area contributed by atoms with Crippen molar-refractivity contribution in [1.82, 2.24) is 5.32 Å². The zero-order valence-electron chi connectivity index (χ0n) is 24.3. The van der Waals surface area contributed by atoms with Crippen LogP contribution in [0.3, 0.4) is 0 Å². The number of amides is 3. The number of carbonyl (C=O) groups is 3. The molecule has 4 aromatic carbocycles. The van der Waals surface area contributed by atoms with E-state index in [1.54, 1.807) is 42.5 Å².